The molecule has 3 rings (SSSR count). The third kappa shape index (κ3) is 5.27. The van der Waals surface area contributed by atoms with E-state index in [9.17, 15) is 9.50 Å². The van der Waals surface area contributed by atoms with E-state index in [0.717, 1.165) is 44.6 Å². The number of aliphatic hydroxyl groups is 1. The normalized spacial score (nSPS) is 19.0. The third-order valence-electron chi connectivity index (χ3n) is 5.09. The van der Waals surface area contributed by atoms with Gasteiger partial charge in [0.25, 0.3) is 0 Å². The second kappa shape index (κ2) is 9.47. The number of benzene rings is 2. The molecule has 0 spiro atoms. The van der Waals surface area contributed by atoms with Gasteiger partial charge in [-0.15, -0.1) is 0 Å². The second-order valence-electron chi connectivity index (χ2n) is 6.91. The smallest absolute Gasteiger partial charge is 0.124 e. The SMILES string of the molecule is OCC[C@H]1CN(Cc2ccc(F)cc2Cl)CCN1CCc1ccccc1. The molecule has 0 amide bonds. The highest BCUT2D eigenvalue weighted by Crippen LogP contribution is 2.22. The lowest BCUT2D eigenvalue weighted by Gasteiger charge is -2.41. The lowest BCUT2D eigenvalue weighted by Crippen LogP contribution is -2.53. The Balaban J connectivity index is 1.58. The fourth-order valence-corrected chi connectivity index (χ4v) is 3.85. The summed E-state index contributed by atoms with van der Waals surface area (Å²) in [5.41, 5.74) is 2.30. The zero-order chi connectivity index (χ0) is 18.4. The summed E-state index contributed by atoms with van der Waals surface area (Å²) in [5, 5.41) is 9.95. The molecule has 1 atom stereocenters. The number of hydrogen-bond donors (Lipinski definition) is 1. The molecule has 1 heterocycles. The molecule has 3 nitrogen and oxygen atoms in total. The maximum absolute atomic E-state index is 13.2. The zero-order valence-electron chi connectivity index (χ0n) is 15.0. The molecule has 26 heavy (non-hydrogen) atoms. The molecular formula is C21H26ClFN2O. The summed E-state index contributed by atoms with van der Waals surface area (Å²) in [6, 6.07) is 15.4. The molecule has 0 radical (unpaired) electrons. The van der Waals surface area contributed by atoms with Gasteiger partial charge in [-0.2, -0.15) is 0 Å². The van der Waals surface area contributed by atoms with Crippen LogP contribution in [0.3, 0.4) is 0 Å². The van der Waals surface area contributed by atoms with E-state index in [0.29, 0.717) is 17.6 Å². The molecule has 2 aromatic carbocycles. The first-order valence-electron chi connectivity index (χ1n) is 9.21. The van der Waals surface area contributed by atoms with Gasteiger partial charge in [0.15, 0.2) is 0 Å². The number of aliphatic hydroxyl groups excluding tert-OH is 1. The van der Waals surface area contributed by atoms with E-state index >= 15 is 0 Å². The highest BCUT2D eigenvalue weighted by molar-refractivity contribution is 6.31. The number of hydrogen-bond acceptors (Lipinski definition) is 3. The molecule has 0 bridgehead atoms. The van der Waals surface area contributed by atoms with E-state index in [1.165, 1.54) is 17.7 Å². The first-order chi connectivity index (χ1) is 12.7. The van der Waals surface area contributed by atoms with Crippen LogP contribution >= 0.6 is 11.6 Å². The Morgan fingerprint density at radius 1 is 1.12 bits per heavy atom. The minimum Gasteiger partial charge on any atom is -0.396 e. The first-order valence-corrected chi connectivity index (χ1v) is 9.58. The van der Waals surface area contributed by atoms with Crippen LogP contribution in [0.4, 0.5) is 4.39 Å². The molecule has 0 aliphatic carbocycles. The molecule has 5 heteroatoms. The molecule has 1 saturated heterocycles. The maximum atomic E-state index is 13.2. The van der Waals surface area contributed by atoms with Gasteiger partial charge in [0.1, 0.15) is 5.82 Å². The zero-order valence-corrected chi connectivity index (χ0v) is 15.7. The second-order valence-corrected chi connectivity index (χ2v) is 7.32. The van der Waals surface area contributed by atoms with Crippen LogP contribution in [-0.2, 0) is 13.0 Å². The van der Waals surface area contributed by atoms with Gasteiger partial charge in [0, 0.05) is 50.4 Å². The predicted octanol–water partition coefficient (Wildman–Crippen LogP) is 3.59. The van der Waals surface area contributed by atoms with Crippen molar-refractivity contribution >= 4 is 11.6 Å². The van der Waals surface area contributed by atoms with Gasteiger partial charge in [-0.1, -0.05) is 48.0 Å². The van der Waals surface area contributed by atoms with Gasteiger partial charge in [-0.25, -0.2) is 4.39 Å². The summed E-state index contributed by atoms with van der Waals surface area (Å²) in [4.78, 5) is 4.82. The molecule has 1 aliphatic heterocycles. The summed E-state index contributed by atoms with van der Waals surface area (Å²) in [6.45, 7) is 4.72. The molecule has 2 aromatic rings. The molecule has 0 saturated carbocycles. The van der Waals surface area contributed by atoms with Crippen LogP contribution in [0.1, 0.15) is 17.5 Å². The quantitative estimate of drug-likeness (QED) is 0.800. The Labute approximate surface area is 160 Å². The van der Waals surface area contributed by atoms with Crippen molar-refractivity contribution in [2.24, 2.45) is 0 Å². The third-order valence-corrected chi connectivity index (χ3v) is 5.44. The predicted molar refractivity (Wildman–Crippen MR) is 104 cm³/mol. The Morgan fingerprint density at radius 2 is 1.92 bits per heavy atom. The monoisotopic (exact) mass is 376 g/mol. The Hall–Kier alpha value is -1.46. The summed E-state index contributed by atoms with van der Waals surface area (Å²) in [5.74, 6) is -0.303. The van der Waals surface area contributed by atoms with Gasteiger partial charge in [0.2, 0.25) is 0 Å². The van der Waals surface area contributed by atoms with Crippen molar-refractivity contribution in [3.63, 3.8) is 0 Å². The van der Waals surface area contributed by atoms with Crippen LogP contribution in [0, 0.1) is 5.82 Å². The highest BCUT2D eigenvalue weighted by atomic mass is 35.5. The van der Waals surface area contributed by atoms with E-state index in [1.54, 1.807) is 6.07 Å². The molecule has 0 unspecified atom stereocenters. The van der Waals surface area contributed by atoms with Crippen molar-refractivity contribution in [2.45, 2.75) is 25.4 Å². The summed E-state index contributed by atoms with van der Waals surface area (Å²) in [6.07, 6.45) is 1.79. The average Bonchev–Trinajstić information content (AvgIpc) is 2.64. The Kier molecular flexibility index (Phi) is 7.03. The van der Waals surface area contributed by atoms with E-state index in [2.05, 4.69) is 34.1 Å². The maximum Gasteiger partial charge on any atom is 0.124 e. The minimum atomic E-state index is -0.303. The summed E-state index contributed by atoms with van der Waals surface area (Å²) >= 11 is 6.18. The molecule has 0 aromatic heterocycles. The molecular weight excluding hydrogens is 351 g/mol. The van der Waals surface area contributed by atoms with Gasteiger partial charge < -0.3 is 5.11 Å². The summed E-state index contributed by atoms with van der Waals surface area (Å²) in [7, 11) is 0. The van der Waals surface area contributed by atoms with Crippen LogP contribution in [0.15, 0.2) is 48.5 Å². The van der Waals surface area contributed by atoms with E-state index in [4.69, 9.17) is 11.6 Å². The van der Waals surface area contributed by atoms with Crippen molar-refractivity contribution < 1.29 is 9.50 Å². The number of rotatable bonds is 7. The van der Waals surface area contributed by atoms with E-state index < -0.39 is 0 Å². The van der Waals surface area contributed by atoms with Crippen molar-refractivity contribution in [2.75, 3.05) is 32.8 Å². The van der Waals surface area contributed by atoms with Crippen molar-refractivity contribution in [3.8, 4) is 0 Å². The van der Waals surface area contributed by atoms with Crippen LogP contribution in [-0.4, -0.2) is 53.7 Å². The van der Waals surface area contributed by atoms with Crippen LogP contribution < -0.4 is 0 Å². The molecule has 1 N–H and O–H groups in total. The number of nitrogens with zero attached hydrogens (tertiary/aromatic N) is 2. The highest BCUT2D eigenvalue weighted by Gasteiger charge is 2.26. The lowest BCUT2D eigenvalue weighted by molar-refractivity contribution is 0.0562. The summed E-state index contributed by atoms with van der Waals surface area (Å²) < 4.78 is 13.2. The fraction of sp³-hybridized carbons (Fsp3) is 0.429. The molecule has 140 valence electrons. The standard InChI is InChI=1S/C21H26ClFN2O/c22-21-14-19(23)7-6-18(21)15-24-11-12-25(20(16-24)9-13-26)10-8-17-4-2-1-3-5-17/h1-7,14,20,26H,8-13,15-16H2/t20-/m0/s1. The lowest BCUT2D eigenvalue weighted by atomic mass is 10.1. The average molecular weight is 377 g/mol. The van der Waals surface area contributed by atoms with Crippen molar-refractivity contribution in [1.29, 1.82) is 0 Å². The molecule has 1 aliphatic rings. The number of piperazine rings is 1. The van der Waals surface area contributed by atoms with Gasteiger partial charge in [0.05, 0.1) is 0 Å². The fourth-order valence-electron chi connectivity index (χ4n) is 3.63. The first kappa shape index (κ1) is 19.3. The Bertz CT molecular complexity index is 698. The van der Waals surface area contributed by atoms with Crippen molar-refractivity contribution in [1.82, 2.24) is 9.80 Å². The topological polar surface area (TPSA) is 26.7 Å². The largest absolute Gasteiger partial charge is 0.396 e. The number of halogens is 2. The Morgan fingerprint density at radius 3 is 2.65 bits per heavy atom. The van der Waals surface area contributed by atoms with Gasteiger partial charge in [-0.05, 0) is 36.1 Å². The van der Waals surface area contributed by atoms with Crippen molar-refractivity contribution in [3.05, 3.63) is 70.5 Å². The van der Waals surface area contributed by atoms with E-state index in [1.807, 2.05) is 6.07 Å². The van der Waals surface area contributed by atoms with Gasteiger partial charge in [-0.3, -0.25) is 9.80 Å². The van der Waals surface area contributed by atoms with E-state index in [-0.39, 0.29) is 12.4 Å². The molecule has 1 fully saturated rings. The van der Waals surface area contributed by atoms with Crippen LogP contribution in [0.2, 0.25) is 5.02 Å². The van der Waals surface area contributed by atoms with Crippen LogP contribution in [0.25, 0.3) is 0 Å². The minimum absolute atomic E-state index is 0.192. The van der Waals surface area contributed by atoms with Crippen LogP contribution in [0.5, 0.6) is 0 Å². The van der Waals surface area contributed by atoms with Gasteiger partial charge >= 0.3 is 0 Å².